The van der Waals surface area contributed by atoms with Gasteiger partial charge in [0.05, 0.1) is 24.1 Å². The minimum atomic E-state index is -0.308. The Morgan fingerprint density at radius 2 is 2.24 bits per heavy atom. The van der Waals surface area contributed by atoms with Crippen molar-refractivity contribution in [2.45, 2.75) is 20.3 Å². The van der Waals surface area contributed by atoms with Crippen molar-refractivity contribution >= 4 is 40.8 Å². The van der Waals surface area contributed by atoms with Gasteiger partial charge in [0, 0.05) is 5.71 Å². The first kappa shape index (κ1) is 15.1. The van der Waals surface area contributed by atoms with Crippen molar-refractivity contribution in [2.75, 3.05) is 12.0 Å². The molecule has 7 heteroatoms. The summed E-state index contributed by atoms with van der Waals surface area (Å²) >= 11 is 5.22. The number of para-hydroxylation sites is 2. The quantitative estimate of drug-likeness (QED) is 0.384. The first-order valence-electron chi connectivity index (χ1n) is 6.54. The average molecular weight is 304 g/mol. The highest BCUT2D eigenvalue weighted by molar-refractivity contribution is 7.71. The van der Waals surface area contributed by atoms with Gasteiger partial charge in [0.25, 0.3) is 0 Å². The van der Waals surface area contributed by atoms with Crippen molar-refractivity contribution in [3.63, 3.8) is 0 Å². The molecule has 0 radical (unpaired) electrons. The number of H-pyrrole nitrogens is 1. The Kier molecular flexibility index (Phi) is 4.99. The highest BCUT2D eigenvalue weighted by Gasteiger charge is 2.05. The Morgan fingerprint density at radius 1 is 1.48 bits per heavy atom. The summed E-state index contributed by atoms with van der Waals surface area (Å²) in [7, 11) is 0. The summed E-state index contributed by atoms with van der Waals surface area (Å²) in [4.78, 5) is 18.8. The molecule has 0 aliphatic heterocycles. The number of fused-ring (bicyclic) bond motifs is 1. The van der Waals surface area contributed by atoms with Crippen LogP contribution >= 0.6 is 12.2 Å². The molecule has 0 bridgehead atoms. The zero-order valence-corrected chi connectivity index (χ0v) is 12.7. The summed E-state index contributed by atoms with van der Waals surface area (Å²) in [5.74, 6) is 0.143. The van der Waals surface area contributed by atoms with E-state index in [1.54, 1.807) is 13.8 Å². The van der Waals surface area contributed by atoms with Gasteiger partial charge in [-0.2, -0.15) is 5.10 Å². The van der Waals surface area contributed by atoms with Crippen LogP contribution in [0.25, 0.3) is 11.0 Å². The molecule has 2 N–H and O–H groups in total. The molecule has 2 aromatic rings. The fourth-order valence-corrected chi connectivity index (χ4v) is 1.92. The zero-order chi connectivity index (χ0) is 15.2. The lowest BCUT2D eigenvalue weighted by molar-refractivity contribution is -0.141. The van der Waals surface area contributed by atoms with Crippen LogP contribution in [0.15, 0.2) is 29.4 Å². The van der Waals surface area contributed by atoms with E-state index >= 15 is 0 Å². The van der Waals surface area contributed by atoms with Crippen LogP contribution in [-0.2, 0) is 9.53 Å². The number of hydrogen-bond donors (Lipinski definition) is 2. The van der Waals surface area contributed by atoms with Gasteiger partial charge in [0.2, 0.25) is 0 Å². The lowest BCUT2D eigenvalue weighted by atomic mass is 10.3. The predicted octanol–water partition coefficient (Wildman–Crippen LogP) is 3.03. The lowest BCUT2D eigenvalue weighted by Gasteiger charge is -2.05. The SMILES string of the molecule is CCOC(=O)C/C(C)=N\Nc1nc2ccccc2[nH]c1=S. The fourth-order valence-electron chi connectivity index (χ4n) is 1.71. The van der Waals surface area contributed by atoms with Gasteiger partial charge in [-0.05, 0) is 26.0 Å². The third-order valence-corrected chi connectivity index (χ3v) is 2.95. The molecule has 1 heterocycles. The van der Waals surface area contributed by atoms with Crippen LogP contribution in [0.3, 0.4) is 0 Å². The van der Waals surface area contributed by atoms with Crippen molar-refractivity contribution in [3.8, 4) is 0 Å². The van der Waals surface area contributed by atoms with Gasteiger partial charge < -0.3 is 9.72 Å². The number of aromatic amines is 1. The van der Waals surface area contributed by atoms with E-state index in [-0.39, 0.29) is 12.4 Å². The third-order valence-electron chi connectivity index (χ3n) is 2.66. The van der Waals surface area contributed by atoms with Crippen LogP contribution < -0.4 is 5.43 Å². The summed E-state index contributed by atoms with van der Waals surface area (Å²) in [5, 5.41) is 4.10. The van der Waals surface area contributed by atoms with Crippen LogP contribution in [-0.4, -0.2) is 28.3 Å². The van der Waals surface area contributed by atoms with Crippen molar-refractivity contribution in [3.05, 3.63) is 28.9 Å². The molecule has 21 heavy (non-hydrogen) atoms. The second-order valence-electron chi connectivity index (χ2n) is 4.37. The standard InChI is InChI=1S/C14H16N4O2S/c1-3-20-12(19)8-9(2)17-18-13-14(21)16-11-7-5-4-6-10(11)15-13/h4-7H,3,8H2,1-2H3,(H,15,18)(H,16,21)/b17-9-. The molecular formula is C14H16N4O2S. The number of esters is 1. The lowest BCUT2D eigenvalue weighted by Crippen LogP contribution is -2.10. The smallest absolute Gasteiger partial charge is 0.311 e. The summed E-state index contributed by atoms with van der Waals surface area (Å²) in [6.45, 7) is 3.86. The van der Waals surface area contributed by atoms with Crippen molar-refractivity contribution in [2.24, 2.45) is 5.10 Å². The van der Waals surface area contributed by atoms with E-state index < -0.39 is 0 Å². The Hall–Kier alpha value is -2.28. The number of rotatable bonds is 5. The van der Waals surface area contributed by atoms with Gasteiger partial charge >= 0.3 is 5.97 Å². The van der Waals surface area contributed by atoms with E-state index in [2.05, 4.69) is 20.5 Å². The zero-order valence-electron chi connectivity index (χ0n) is 11.8. The number of anilines is 1. The van der Waals surface area contributed by atoms with Gasteiger partial charge in [-0.15, -0.1) is 0 Å². The molecule has 1 aromatic heterocycles. The van der Waals surface area contributed by atoms with Crippen molar-refractivity contribution in [1.82, 2.24) is 9.97 Å². The molecule has 2 rings (SSSR count). The summed E-state index contributed by atoms with van der Waals surface area (Å²) < 4.78 is 5.32. The topological polar surface area (TPSA) is 79.4 Å². The maximum Gasteiger partial charge on any atom is 0.311 e. The van der Waals surface area contributed by atoms with E-state index in [1.807, 2.05) is 24.3 Å². The number of aromatic nitrogens is 2. The van der Waals surface area contributed by atoms with Gasteiger partial charge in [-0.3, -0.25) is 10.2 Å². The normalized spacial score (nSPS) is 11.4. The molecule has 0 amide bonds. The molecular weight excluding hydrogens is 288 g/mol. The van der Waals surface area contributed by atoms with Crippen LogP contribution in [0.2, 0.25) is 0 Å². The van der Waals surface area contributed by atoms with E-state index in [4.69, 9.17) is 17.0 Å². The monoisotopic (exact) mass is 304 g/mol. The van der Waals surface area contributed by atoms with Crippen LogP contribution in [0, 0.1) is 4.64 Å². The van der Waals surface area contributed by atoms with Crippen LogP contribution in [0.5, 0.6) is 0 Å². The number of ether oxygens (including phenoxy) is 1. The highest BCUT2D eigenvalue weighted by atomic mass is 32.1. The molecule has 0 saturated carbocycles. The second kappa shape index (κ2) is 6.94. The van der Waals surface area contributed by atoms with E-state index in [0.29, 0.717) is 22.8 Å². The first-order valence-corrected chi connectivity index (χ1v) is 6.95. The second-order valence-corrected chi connectivity index (χ2v) is 4.78. The van der Waals surface area contributed by atoms with Crippen LogP contribution in [0.4, 0.5) is 5.82 Å². The molecule has 0 fully saturated rings. The summed E-state index contributed by atoms with van der Waals surface area (Å²) in [6.07, 6.45) is 0.130. The first-order chi connectivity index (χ1) is 10.1. The molecule has 1 aromatic carbocycles. The third kappa shape index (κ3) is 4.09. The number of nitrogens with one attached hydrogen (secondary N) is 2. The number of benzene rings is 1. The minimum Gasteiger partial charge on any atom is -0.466 e. The molecule has 110 valence electrons. The van der Waals surface area contributed by atoms with Crippen molar-refractivity contribution < 1.29 is 9.53 Å². The molecule has 0 spiro atoms. The highest BCUT2D eigenvalue weighted by Crippen LogP contribution is 2.13. The Morgan fingerprint density at radius 3 is 3.00 bits per heavy atom. The van der Waals surface area contributed by atoms with Gasteiger partial charge in [-0.25, -0.2) is 4.98 Å². The molecule has 0 aliphatic rings. The van der Waals surface area contributed by atoms with E-state index in [0.717, 1.165) is 11.0 Å². The van der Waals surface area contributed by atoms with Gasteiger partial charge in [0.1, 0.15) is 4.64 Å². The Balaban J connectivity index is 2.14. The number of carbonyl (C=O) groups excluding carboxylic acids is 1. The number of hydrazone groups is 1. The molecule has 0 atom stereocenters. The number of nitrogens with zero attached hydrogens (tertiary/aromatic N) is 2. The maximum atomic E-state index is 11.3. The Bertz CT molecular complexity index is 739. The summed E-state index contributed by atoms with van der Waals surface area (Å²) in [5.41, 5.74) is 5.03. The van der Waals surface area contributed by atoms with Crippen LogP contribution in [0.1, 0.15) is 20.3 Å². The number of carbonyl (C=O) groups is 1. The minimum absolute atomic E-state index is 0.130. The van der Waals surface area contributed by atoms with E-state index in [1.165, 1.54) is 0 Å². The molecule has 0 aliphatic carbocycles. The van der Waals surface area contributed by atoms with Gasteiger partial charge in [0.15, 0.2) is 5.82 Å². The van der Waals surface area contributed by atoms with E-state index in [9.17, 15) is 4.79 Å². The molecule has 6 nitrogen and oxygen atoms in total. The summed E-state index contributed by atoms with van der Waals surface area (Å²) in [6, 6.07) is 7.58. The predicted molar refractivity (Wildman–Crippen MR) is 84.9 cm³/mol. The number of hydrogen-bond acceptors (Lipinski definition) is 6. The molecule has 0 saturated heterocycles. The fraction of sp³-hybridized carbons (Fsp3) is 0.286. The van der Waals surface area contributed by atoms with Gasteiger partial charge in [-0.1, -0.05) is 24.4 Å². The average Bonchev–Trinajstić information content (AvgIpc) is 2.45. The largest absolute Gasteiger partial charge is 0.466 e. The molecule has 0 unspecified atom stereocenters. The van der Waals surface area contributed by atoms with Crippen molar-refractivity contribution in [1.29, 1.82) is 0 Å². The Labute approximate surface area is 127 Å². The maximum absolute atomic E-state index is 11.3.